The average molecular weight is 292 g/mol. The first-order valence-corrected chi connectivity index (χ1v) is 7.39. The van der Waals surface area contributed by atoms with Gasteiger partial charge in [-0.15, -0.1) is 0 Å². The minimum Gasteiger partial charge on any atom is -0.492 e. The quantitative estimate of drug-likeness (QED) is 0.815. The predicted octanol–water partition coefficient (Wildman–Crippen LogP) is 3.61. The van der Waals surface area contributed by atoms with Crippen LogP contribution in [-0.4, -0.2) is 18.1 Å². The van der Waals surface area contributed by atoms with Crippen LogP contribution >= 0.6 is 0 Å². The fourth-order valence-electron chi connectivity index (χ4n) is 2.71. The van der Waals surface area contributed by atoms with E-state index in [2.05, 4.69) is 26.1 Å². The lowest BCUT2D eigenvalue weighted by Crippen LogP contribution is -2.45. The monoisotopic (exact) mass is 292 g/mol. The second-order valence-corrected chi connectivity index (χ2v) is 7.26. The summed E-state index contributed by atoms with van der Waals surface area (Å²) in [4.78, 5) is 12.4. The van der Waals surface area contributed by atoms with E-state index in [0.29, 0.717) is 23.6 Å². The van der Waals surface area contributed by atoms with E-state index >= 15 is 0 Å². The molecule has 4 heteroatoms. The molecule has 1 amide bonds. The second-order valence-electron chi connectivity index (χ2n) is 7.26. The summed E-state index contributed by atoms with van der Waals surface area (Å²) in [6.45, 7) is 13.0. The summed E-state index contributed by atoms with van der Waals surface area (Å²) >= 11 is 0. The molecule has 0 aliphatic rings. The molecule has 0 fully saturated rings. The van der Waals surface area contributed by atoms with Gasteiger partial charge in [0.25, 0.3) is 5.91 Å². The van der Waals surface area contributed by atoms with Gasteiger partial charge in [-0.3, -0.25) is 4.79 Å². The van der Waals surface area contributed by atoms with Crippen LogP contribution in [0.3, 0.4) is 0 Å². The Balaban J connectivity index is 2.87. The number of nitrogens with two attached hydrogens (primary N) is 1. The fourth-order valence-corrected chi connectivity index (χ4v) is 2.71. The van der Waals surface area contributed by atoms with Gasteiger partial charge in [0.1, 0.15) is 5.75 Å². The third-order valence-corrected chi connectivity index (χ3v) is 3.00. The van der Waals surface area contributed by atoms with Crippen LogP contribution in [-0.2, 0) is 0 Å². The van der Waals surface area contributed by atoms with E-state index in [4.69, 9.17) is 10.5 Å². The van der Waals surface area contributed by atoms with Gasteiger partial charge in [-0.2, -0.15) is 0 Å². The van der Waals surface area contributed by atoms with Crippen molar-refractivity contribution >= 4 is 11.6 Å². The van der Waals surface area contributed by atoms with Gasteiger partial charge in [-0.25, -0.2) is 0 Å². The second kappa shape index (κ2) is 6.37. The molecule has 0 saturated heterocycles. The Bertz CT molecular complexity index is 502. The Morgan fingerprint density at radius 2 is 1.86 bits per heavy atom. The predicted molar refractivity (Wildman–Crippen MR) is 87.6 cm³/mol. The number of anilines is 1. The zero-order valence-corrected chi connectivity index (χ0v) is 14.0. The lowest BCUT2D eigenvalue weighted by Gasteiger charge is -2.33. The smallest absolute Gasteiger partial charge is 0.251 e. The lowest BCUT2D eigenvalue weighted by molar-refractivity contribution is 0.0891. The van der Waals surface area contributed by atoms with E-state index in [1.54, 1.807) is 18.2 Å². The van der Waals surface area contributed by atoms with Crippen molar-refractivity contribution in [3.63, 3.8) is 0 Å². The van der Waals surface area contributed by atoms with Crippen LogP contribution in [0.2, 0.25) is 0 Å². The Morgan fingerprint density at radius 1 is 1.24 bits per heavy atom. The minimum absolute atomic E-state index is 0.106. The number of hydrogen-bond acceptors (Lipinski definition) is 3. The number of amides is 1. The first-order valence-electron chi connectivity index (χ1n) is 7.39. The van der Waals surface area contributed by atoms with Gasteiger partial charge in [-0.1, -0.05) is 20.8 Å². The molecule has 0 aliphatic heterocycles. The molecular weight excluding hydrogens is 264 g/mol. The molecule has 0 spiro atoms. The van der Waals surface area contributed by atoms with Crippen molar-refractivity contribution in [3.05, 3.63) is 23.8 Å². The van der Waals surface area contributed by atoms with E-state index in [0.717, 1.165) is 6.42 Å². The first-order chi connectivity index (χ1) is 9.54. The van der Waals surface area contributed by atoms with Crippen LogP contribution in [0.4, 0.5) is 5.69 Å². The number of benzene rings is 1. The Morgan fingerprint density at radius 3 is 2.38 bits per heavy atom. The highest BCUT2D eigenvalue weighted by atomic mass is 16.5. The summed E-state index contributed by atoms with van der Waals surface area (Å²) in [6.07, 6.45) is 0.888. The maximum atomic E-state index is 12.4. The van der Waals surface area contributed by atoms with Crippen LogP contribution in [0, 0.1) is 5.41 Å². The van der Waals surface area contributed by atoms with Gasteiger partial charge in [0.05, 0.1) is 12.3 Å². The van der Waals surface area contributed by atoms with Crippen LogP contribution < -0.4 is 15.8 Å². The molecule has 1 rings (SSSR count). The van der Waals surface area contributed by atoms with E-state index in [-0.39, 0.29) is 16.9 Å². The molecule has 3 N–H and O–H groups in total. The molecule has 0 radical (unpaired) electrons. The summed E-state index contributed by atoms with van der Waals surface area (Å²) in [5.41, 5.74) is 6.81. The number of carbonyl (C=O) groups excluding carboxylic acids is 1. The van der Waals surface area contributed by atoms with Gasteiger partial charge in [0, 0.05) is 11.1 Å². The highest BCUT2D eigenvalue weighted by molar-refractivity contribution is 5.95. The molecular formula is C17H28N2O2. The third-order valence-electron chi connectivity index (χ3n) is 3.00. The summed E-state index contributed by atoms with van der Waals surface area (Å²) in [5, 5.41) is 3.08. The van der Waals surface area contributed by atoms with E-state index in [1.807, 2.05) is 20.8 Å². The van der Waals surface area contributed by atoms with Crippen molar-refractivity contribution in [2.45, 2.75) is 53.5 Å². The molecule has 0 aliphatic carbocycles. The Kier molecular flexibility index (Phi) is 5.26. The van der Waals surface area contributed by atoms with Crippen molar-refractivity contribution in [1.82, 2.24) is 5.32 Å². The molecule has 0 saturated carbocycles. The molecule has 0 aromatic heterocycles. The number of rotatable bonds is 5. The van der Waals surface area contributed by atoms with Gasteiger partial charge < -0.3 is 15.8 Å². The van der Waals surface area contributed by atoms with Crippen molar-refractivity contribution in [1.29, 1.82) is 0 Å². The molecule has 0 bridgehead atoms. The zero-order valence-electron chi connectivity index (χ0n) is 14.0. The topological polar surface area (TPSA) is 64.3 Å². The van der Waals surface area contributed by atoms with Crippen LogP contribution in [0.1, 0.15) is 58.3 Å². The van der Waals surface area contributed by atoms with Crippen molar-refractivity contribution in [2.24, 2.45) is 5.41 Å². The van der Waals surface area contributed by atoms with Crippen molar-refractivity contribution < 1.29 is 9.53 Å². The van der Waals surface area contributed by atoms with Crippen molar-refractivity contribution in [3.8, 4) is 5.75 Å². The molecule has 4 nitrogen and oxygen atoms in total. The largest absolute Gasteiger partial charge is 0.492 e. The molecule has 0 atom stereocenters. The molecule has 0 unspecified atom stereocenters. The molecule has 0 heterocycles. The molecule has 1 aromatic rings. The lowest BCUT2D eigenvalue weighted by atomic mass is 9.81. The Hall–Kier alpha value is -1.71. The van der Waals surface area contributed by atoms with Gasteiger partial charge in [-0.05, 0) is 50.8 Å². The van der Waals surface area contributed by atoms with Gasteiger partial charge >= 0.3 is 0 Å². The van der Waals surface area contributed by atoms with Crippen molar-refractivity contribution in [2.75, 3.05) is 12.3 Å². The molecule has 21 heavy (non-hydrogen) atoms. The van der Waals surface area contributed by atoms with E-state index in [1.165, 1.54) is 0 Å². The maximum Gasteiger partial charge on any atom is 0.251 e. The Labute approximate surface area is 128 Å². The van der Waals surface area contributed by atoms with Gasteiger partial charge in [0.2, 0.25) is 0 Å². The number of ether oxygens (including phenoxy) is 1. The normalized spacial score (nSPS) is 12.1. The highest BCUT2D eigenvalue weighted by Crippen LogP contribution is 2.28. The SMILES string of the molecule is CCOc1cc(C(=O)NC(C)(C)CC(C)(C)C)ccc1N. The fraction of sp³-hybridized carbons (Fsp3) is 0.588. The van der Waals surface area contributed by atoms with E-state index < -0.39 is 0 Å². The first kappa shape index (κ1) is 17.3. The maximum absolute atomic E-state index is 12.4. The molecule has 1 aromatic carbocycles. The summed E-state index contributed by atoms with van der Waals surface area (Å²) in [6, 6.07) is 5.12. The number of nitrogen functional groups attached to an aromatic ring is 1. The van der Waals surface area contributed by atoms with Crippen LogP contribution in [0.5, 0.6) is 5.75 Å². The van der Waals surface area contributed by atoms with Crippen LogP contribution in [0.15, 0.2) is 18.2 Å². The summed E-state index contributed by atoms with van der Waals surface area (Å²) < 4.78 is 5.43. The standard InChI is InChI=1S/C17H28N2O2/c1-7-21-14-10-12(8-9-13(14)18)15(20)19-17(5,6)11-16(2,3)4/h8-10H,7,11,18H2,1-6H3,(H,19,20). The zero-order chi connectivity index (χ0) is 16.3. The average Bonchev–Trinajstić information content (AvgIpc) is 2.28. The number of carbonyl (C=O) groups is 1. The third kappa shape index (κ3) is 5.66. The molecule has 118 valence electrons. The summed E-state index contributed by atoms with van der Waals surface area (Å²) in [7, 11) is 0. The summed E-state index contributed by atoms with van der Waals surface area (Å²) in [5.74, 6) is 0.448. The van der Waals surface area contributed by atoms with E-state index in [9.17, 15) is 4.79 Å². The van der Waals surface area contributed by atoms with Crippen LogP contribution in [0.25, 0.3) is 0 Å². The van der Waals surface area contributed by atoms with Gasteiger partial charge in [0.15, 0.2) is 0 Å². The minimum atomic E-state index is -0.275. The number of nitrogens with one attached hydrogen (secondary N) is 1. The number of hydrogen-bond donors (Lipinski definition) is 2. The highest BCUT2D eigenvalue weighted by Gasteiger charge is 2.27.